The number of amides is 2. The third-order valence-corrected chi connectivity index (χ3v) is 4.32. The highest BCUT2D eigenvalue weighted by atomic mass is 16.5. The Balaban J connectivity index is 1.76. The third kappa shape index (κ3) is 5.53. The maximum atomic E-state index is 12.2. The second-order valence-corrected chi connectivity index (χ2v) is 6.60. The van der Waals surface area contributed by atoms with Crippen molar-refractivity contribution in [3.63, 3.8) is 0 Å². The predicted octanol–water partition coefficient (Wildman–Crippen LogP) is 1.29. The van der Waals surface area contributed by atoms with Gasteiger partial charge in [0, 0.05) is 12.6 Å². The molecule has 1 atom stereocenters. The summed E-state index contributed by atoms with van der Waals surface area (Å²) in [5, 5.41) is 2.96. The van der Waals surface area contributed by atoms with Crippen LogP contribution in [0.3, 0.4) is 0 Å². The first kappa shape index (κ1) is 18.3. The molecule has 6 heteroatoms. The Hall–Kier alpha value is -2.08. The van der Waals surface area contributed by atoms with Crippen LogP contribution >= 0.6 is 0 Å². The quantitative estimate of drug-likeness (QED) is 0.751. The van der Waals surface area contributed by atoms with Gasteiger partial charge >= 0.3 is 0 Å². The molecule has 2 amide bonds. The topological polar surface area (TPSA) is 84.7 Å². The monoisotopic (exact) mass is 333 g/mol. The Morgan fingerprint density at radius 3 is 2.67 bits per heavy atom. The Morgan fingerprint density at radius 2 is 2.04 bits per heavy atom. The summed E-state index contributed by atoms with van der Waals surface area (Å²) in [6.45, 7) is 6.23. The zero-order valence-corrected chi connectivity index (χ0v) is 14.5. The van der Waals surface area contributed by atoms with Gasteiger partial charge in [0.25, 0.3) is 5.91 Å². The molecular weight excluding hydrogens is 306 g/mol. The van der Waals surface area contributed by atoms with Gasteiger partial charge in [-0.1, -0.05) is 26.0 Å². The van der Waals surface area contributed by atoms with Crippen molar-refractivity contribution in [2.75, 3.05) is 19.7 Å². The molecule has 0 radical (unpaired) electrons. The lowest BCUT2D eigenvalue weighted by Crippen LogP contribution is -2.41. The van der Waals surface area contributed by atoms with Gasteiger partial charge in [0.1, 0.15) is 5.75 Å². The smallest absolute Gasteiger partial charge is 0.255 e. The average molecular weight is 333 g/mol. The van der Waals surface area contributed by atoms with Crippen molar-refractivity contribution in [1.29, 1.82) is 0 Å². The predicted molar refractivity (Wildman–Crippen MR) is 92.4 cm³/mol. The molecular formula is C18H27N3O3. The SMILES string of the molecule is CC(C)[C@@H]1CCCN1CC(=O)NCc1ccc(OCC(N)=O)cc1. The summed E-state index contributed by atoms with van der Waals surface area (Å²) in [4.78, 5) is 25.1. The first-order valence-corrected chi connectivity index (χ1v) is 8.46. The highest BCUT2D eigenvalue weighted by Gasteiger charge is 2.28. The largest absolute Gasteiger partial charge is 0.484 e. The Labute approximate surface area is 143 Å². The summed E-state index contributed by atoms with van der Waals surface area (Å²) in [6.07, 6.45) is 2.35. The van der Waals surface area contributed by atoms with Gasteiger partial charge < -0.3 is 15.8 Å². The molecule has 1 aliphatic heterocycles. The number of hydrogen-bond acceptors (Lipinski definition) is 4. The van der Waals surface area contributed by atoms with Crippen LogP contribution in [0.5, 0.6) is 5.75 Å². The average Bonchev–Trinajstić information content (AvgIpc) is 3.00. The van der Waals surface area contributed by atoms with Crippen LogP contribution in [0, 0.1) is 5.92 Å². The van der Waals surface area contributed by atoms with Gasteiger partial charge in [0.05, 0.1) is 6.54 Å². The number of primary amides is 1. The molecule has 6 nitrogen and oxygen atoms in total. The van der Waals surface area contributed by atoms with Gasteiger partial charge in [0.15, 0.2) is 6.61 Å². The van der Waals surface area contributed by atoms with Crippen LogP contribution in [-0.2, 0) is 16.1 Å². The Kier molecular flexibility index (Phi) is 6.61. The Bertz CT molecular complexity index is 557. The van der Waals surface area contributed by atoms with Gasteiger partial charge in [0.2, 0.25) is 5.91 Å². The number of ether oxygens (including phenoxy) is 1. The van der Waals surface area contributed by atoms with Crippen molar-refractivity contribution in [1.82, 2.24) is 10.2 Å². The summed E-state index contributed by atoms with van der Waals surface area (Å²) in [6, 6.07) is 7.77. The summed E-state index contributed by atoms with van der Waals surface area (Å²) < 4.78 is 5.20. The molecule has 0 bridgehead atoms. The second-order valence-electron chi connectivity index (χ2n) is 6.60. The number of rotatable bonds is 8. The zero-order chi connectivity index (χ0) is 17.5. The second kappa shape index (κ2) is 8.68. The molecule has 0 aromatic heterocycles. The van der Waals surface area contributed by atoms with E-state index in [-0.39, 0.29) is 12.5 Å². The molecule has 24 heavy (non-hydrogen) atoms. The lowest BCUT2D eigenvalue weighted by Gasteiger charge is -2.26. The van der Waals surface area contributed by atoms with Crippen LogP contribution in [0.1, 0.15) is 32.3 Å². The van der Waals surface area contributed by atoms with Gasteiger partial charge in [-0.05, 0) is 43.0 Å². The summed E-state index contributed by atoms with van der Waals surface area (Å²) >= 11 is 0. The number of hydrogen-bond donors (Lipinski definition) is 2. The van der Waals surface area contributed by atoms with E-state index in [2.05, 4.69) is 24.1 Å². The number of carbonyl (C=O) groups excluding carboxylic acids is 2. The minimum absolute atomic E-state index is 0.0524. The molecule has 0 spiro atoms. The molecule has 1 fully saturated rings. The fourth-order valence-electron chi connectivity index (χ4n) is 3.10. The van der Waals surface area contributed by atoms with E-state index in [1.807, 2.05) is 12.1 Å². The highest BCUT2D eigenvalue weighted by molar-refractivity contribution is 5.78. The number of benzene rings is 1. The van der Waals surface area contributed by atoms with Crippen molar-refractivity contribution in [2.45, 2.75) is 39.3 Å². The van der Waals surface area contributed by atoms with E-state index >= 15 is 0 Å². The fraction of sp³-hybridized carbons (Fsp3) is 0.556. The molecule has 1 aliphatic rings. The Morgan fingerprint density at radius 1 is 1.33 bits per heavy atom. The first-order valence-electron chi connectivity index (χ1n) is 8.46. The molecule has 1 aromatic rings. The first-order chi connectivity index (χ1) is 11.5. The van der Waals surface area contributed by atoms with E-state index in [0.29, 0.717) is 30.8 Å². The van der Waals surface area contributed by atoms with E-state index in [0.717, 1.165) is 12.1 Å². The molecule has 2 rings (SSSR count). The van der Waals surface area contributed by atoms with Crippen LogP contribution in [0.15, 0.2) is 24.3 Å². The fourth-order valence-corrected chi connectivity index (χ4v) is 3.10. The number of likely N-dealkylation sites (tertiary alicyclic amines) is 1. The maximum absolute atomic E-state index is 12.2. The molecule has 3 N–H and O–H groups in total. The summed E-state index contributed by atoms with van der Waals surface area (Å²) in [7, 11) is 0. The summed E-state index contributed by atoms with van der Waals surface area (Å²) in [5.74, 6) is 0.707. The van der Waals surface area contributed by atoms with Crippen molar-refractivity contribution < 1.29 is 14.3 Å². The van der Waals surface area contributed by atoms with Crippen LogP contribution in [-0.4, -0.2) is 42.5 Å². The standard InChI is InChI=1S/C18H27N3O3/c1-13(2)16-4-3-9-21(16)11-18(23)20-10-14-5-7-15(8-6-14)24-12-17(19)22/h5-8,13,16H,3-4,9-12H2,1-2H3,(H2,19,22)(H,20,23)/t16-/m0/s1. The third-order valence-electron chi connectivity index (χ3n) is 4.32. The van der Waals surface area contributed by atoms with Gasteiger partial charge in [-0.3, -0.25) is 14.5 Å². The maximum Gasteiger partial charge on any atom is 0.255 e. The minimum Gasteiger partial charge on any atom is -0.484 e. The summed E-state index contributed by atoms with van der Waals surface area (Å²) in [5.41, 5.74) is 6.01. The van der Waals surface area contributed by atoms with Gasteiger partial charge in [-0.2, -0.15) is 0 Å². The van der Waals surface area contributed by atoms with Crippen LogP contribution in [0.2, 0.25) is 0 Å². The van der Waals surface area contributed by atoms with Crippen molar-refractivity contribution in [2.24, 2.45) is 11.7 Å². The molecule has 1 saturated heterocycles. The van der Waals surface area contributed by atoms with E-state index in [1.54, 1.807) is 12.1 Å². The minimum atomic E-state index is -0.507. The van der Waals surface area contributed by atoms with Crippen LogP contribution in [0.4, 0.5) is 0 Å². The van der Waals surface area contributed by atoms with Crippen molar-refractivity contribution in [3.8, 4) is 5.75 Å². The molecule has 1 heterocycles. The van der Waals surface area contributed by atoms with Crippen LogP contribution in [0.25, 0.3) is 0 Å². The van der Waals surface area contributed by atoms with E-state index in [9.17, 15) is 9.59 Å². The zero-order valence-electron chi connectivity index (χ0n) is 14.5. The highest BCUT2D eigenvalue weighted by Crippen LogP contribution is 2.23. The van der Waals surface area contributed by atoms with Gasteiger partial charge in [-0.15, -0.1) is 0 Å². The lowest BCUT2D eigenvalue weighted by atomic mass is 10.0. The number of nitrogens with one attached hydrogen (secondary N) is 1. The lowest BCUT2D eigenvalue weighted by molar-refractivity contribution is -0.123. The number of nitrogens with zero attached hydrogens (tertiary/aromatic N) is 1. The van der Waals surface area contributed by atoms with Crippen molar-refractivity contribution >= 4 is 11.8 Å². The van der Waals surface area contributed by atoms with Gasteiger partial charge in [-0.25, -0.2) is 0 Å². The molecule has 1 aromatic carbocycles. The number of nitrogens with two attached hydrogens (primary N) is 1. The normalized spacial score (nSPS) is 17.9. The molecule has 132 valence electrons. The van der Waals surface area contributed by atoms with E-state index < -0.39 is 5.91 Å². The number of carbonyl (C=O) groups is 2. The van der Waals surface area contributed by atoms with Crippen molar-refractivity contribution in [3.05, 3.63) is 29.8 Å². The molecule has 0 aliphatic carbocycles. The van der Waals surface area contributed by atoms with Crippen LogP contribution < -0.4 is 15.8 Å². The molecule has 0 unspecified atom stereocenters. The van der Waals surface area contributed by atoms with E-state index in [4.69, 9.17) is 10.5 Å². The van der Waals surface area contributed by atoms with E-state index in [1.165, 1.54) is 12.8 Å². The molecule has 0 saturated carbocycles.